The van der Waals surface area contributed by atoms with E-state index >= 15 is 0 Å². The average Bonchev–Trinajstić information content (AvgIpc) is 2.59. The second-order valence-corrected chi connectivity index (χ2v) is 4.88. The Morgan fingerprint density at radius 1 is 0.864 bits per heavy atom. The molecule has 0 spiro atoms. The molecule has 118 valence electrons. The van der Waals surface area contributed by atoms with E-state index in [1.807, 2.05) is 30.3 Å². The van der Waals surface area contributed by atoms with Crippen LogP contribution < -0.4 is 19.9 Å². The Kier molecular flexibility index (Phi) is 6.10. The highest BCUT2D eigenvalue weighted by molar-refractivity contribution is 5.42. The molecule has 0 saturated carbocycles. The Morgan fingerprint density at radius 3 is 2.18 bits per heavy atom. The van der Waals surface area contributed by atoms with Crippen molar-refractivity contribution >= 4 is 0 Å². The number of rotatable bonds is 8. The molecule has 0 saturated heterocycles. The molecule has 0 atom stereocenters. The number of benzene rings is 2. The highest BCUT2D eigenvalue weighted by Gasteiger charge is 2.05. The molecule has 2 aromatic rings. The van der Waals surface area contributed by atoms with Crippen LogP contribution in [0.2, 0.25) is 0 Å². The quantitative estimate of drug-likeness (QED) is 0.761. The Hall–Kier alpha value is -2.20. The minimum absolute atomic E-state index is 0.452. The van der Waals surface area contributed by atoms with Gasteiger partial charge in [0, 0.05) is 6.54 Å². The summed E-state index contributed by atoms with van der Waals surface area (Å²) in [7, 11) is 1.62. The van der Waals surface area contributed by atoms with Crippen LogP contribution in [0.25, 0.3) is 0 Å². The third kappa shape index (κ3) is 4.40. The molecule has 0 heterocycles. The van der Waals surface area contributed by atoms with Crippen molar-refractivity contribution < 1.29 is 14.2 Å². The molecule has 4 heteroatoms. The van der Waals surface area contributed by atoms with Crippen molar-refractivity contribution in [1.29, 1.82) is 0 Å². The SMILES string of the molecule is CCc1ccc(OCCOc2ccc(CN)cc2OC)cc1. The number of aryl methyl sites for hydroxylation is 1. The van der Waals surface area contributed by atoms with Gasteiger partial charge in [-0.05, 0) is 41.8 Å². The summed E-state index contributed by atoms with van der Waals surface area (Å²) in [4.78, 5) is 0. The van der Waals surface area contributed by atoms with E-state index in [1.165, 1.54) is 5.56 Å². The van der Waals surface area contributed by atoms with Gasteiger partial charge < -0.3 is 19.9 Å². The van der Waals surface area contributed by atoms with Crippen LogP contribution in [0.3, 0.4) is 0 Å². The van der Waals surface area contributed by atoms with Gasteiger partial charge in [0.25, 0.3) is 0 Å². The first kappa shape index (κ1) is 16.2. The van der Waals surface area contributed by atoms with Crippen molar-refractivity contribution in [2.45, 2.75) is 19.9 Å². The molecule has 22 heavy (non-hydrogen) atoms. The number of hydrogen-bond donors (Lipinski definition) is 1. The molecule has 0 aromatic heterocycles. The van der Waals surface area contributed by atoms with E-state index in [4.69, 9.17) is 19.9 Å². The molecule has 0 aliphatic rings. The summed E-state index contributed by atoms with van der Waals surface area (Å²) in [6, 6.07) is 13.8. The van der Waals surface area contributed by atoms with E-state index in [1.54, 1.807) is 7.11 Å². The minimum atomic E-state index is 0.452. The molecule has 0 radical (unpaired) electrons. The Balaban J connectivity index is 1.83. The summed E-state index contributed by atoms with van der Waals surface area (Å²) in [6.07, 6.45) is 1.03. The van der Waals surface area contributed by atoms with Gasteiger partial charge in [-0.1, -0.05) is 25.1 Å². The number of nitrogens with two attached hydrogens (primary N) is 1. The van der Waals surface area contributed by atoms with Gasteiger partial charge >= 0.3 is 0 Å². The molecule has 2 rings (SSSR count). The Morgan fingerprint density at radius 2 is 1.55 bits per heavy atom. The lowest BCUT2D eigenvalue weighted by atomic mass is 10.2. The van der Waals surface area contributed by atoms with Crippen molar-refractivity contribution in [3.8, 4) is 17.2 Å². The lowest BCUT2D eigenvalue weighted by molar-refractivity contribution is 0.211. The lowest BCUT2D eigenvalue weighted by Gasteiger charge is -2.12. The van der Waals surface area contributed by atoms with E-state index in [9.17, 15) is 0 Å². The van der Waals surface area contributed by atoms with Crippen LogP contribution in [-0.2, 0) is 13.0 Å². The van der Waals surface area contributed by atoms with Crippen molar-refractivity contribution in [3.63, 3.8) is 0 Å². The van der Waals surface area contributed by atoms with Crippen molar-refractivity contribution in [2.24, 2.45) is 5.73 Å². The zero-order valence-electron chi connectivity index (χ0n) is 13.2. The van der Waals surface area contributed by atoms with Gasteiger partial charge in [0.15, 0.2) is 11.5 Å². The number of ether oxygens (including phenoxy) is 3. The van der Waals surface area contributed by atoms with Crippen molar-refractivity contribution in [2.75, 3.05) is 20.3 Å². The van der Waals surface area contributed by atoms with Gasteiger partial charge in [0.05, 0.1) is 7.11 Å². The first-order chi connectivity index (χ1) is 10.8. The fourth-order valence-electron chi connectivity index (χ4n) is 2.09. The van der Waals surface area contributed by atoms with Crippen LogP contribution in [0.15, 0.2) is 42.5 Å². The second kappa shape index (κ2) is 8.29. The highest BCUT2D eigenvalue weighted by atomic mass is 16.5. The summed E-state index contributed by atoms with van der Waals surface area (Å²) in [5, 5.41) is 0. The molecule has 0 amide bonds. The standard InChI is InChI=1S/C18H23NO3/c1-3-14-4-7-16(8-5-14)21-10-11-22-17-9-6-15(13-19)12-18(17)20-2/h4-9,12H,3,10-11,13,19H2,1-2H3. The third-order valence-corrected chi connectivity index (χ3v) is 3.40. The normalized spacial score (nSPS) is 10.3. The van der Waals surface area contributed by atoms with E-state index in [0.717, 1.165) is 17.7 Å². The summed E-state index contributed by atoms with van der Waals surface area (Å²) < 4.78 is 16.7. The highest BCUT2D eigenvalue weighted by Crippen LogP contribution is 2.27. The molecule has 0 bridgehead atoms. The molecule has 2 aromatic carbocycles. The molecule has 0 aliphatic carbocycles. The van der Waals surface area contributed by atoms with E-state index in [0.29, 0.717) is 31.3 Å². The zero-order valence-corrected chi connectivity index (χ0v) is 13.2. The van der Waals surface area contributed by atoms with E-state index < -0.39 is 0 Å². The number of hydrogen-bond acceptors (Lipinski definition) is 4. The topological polar surface area (TPSA) is 53.7 Å². The summed E-state index contributed by atoms with van der Waals surface area (Å²) in [5.74, 6) is 2.24. The first-order valence-corrected chi connectivity index (χ1v) is 7.48. The Bertz CT molecular complexity index is 581. The van der Waals surface area contributed by atoms with E-state index in [2.05, 4.69) is 19.1 Å². The summed E-state index contributed by atoms with van der Waals surface area (Å²) in [5.41, 5.74) is 7.92. The van der Waals surface area contributed by atoms with Crippen LogP contribution in [0.5, 0.6) is 17.2 Å². The summed E-state index contributed by atoms with van der Waals surface area (Å²) >= 11 is 0. The fourth-order valence-corrected chi connectivity index (χ4v) is 2.09. The van der Waals surface area contributed by atoms with Crippen molar-refractivity contribution in [1.82, 2.24) is 0 Å². The minimum Gasteiger partial charge on any atom is -0.493 e. The van der Waals surface area contributed by atoms with Gasteiger partial charge in [-0.3, -0.25) is 0 Å². The molecule has 4 nitrogen and oxygen atoms in total. The molecule has 0 unspecified atom stereocenters. The van der Waals surface area contributed by atoms with Crippen LogP contribution in [0.1, 0.15) is 18.1 Å². The molecular weight excluding hydrogens is 278 g/mol. The molecule has 0 aliphatic heterocycles. The molecular formula is C18H23NO3. The molecule has 2 N–H and O–H groups in total. The van der Waals surface area contributed by atoms with Crippen LogP contribution >= 0.6 is 0 Å². The third-order valence-electron chi connectivity index (χ3n) is 3.40. The smallest absolute Gasteiger partial charge is 0.161 e. The zero-order chi connectivity index (χ0) is 15.8. The first-order valence-electron chi connectivity index (χ1n) is 7.48. The second-order valence-electron chi connectivity index (χ2n) is 4.88. The molecule has 0 fully saturated rings. The largest absolute Gasteiger partial charge is 0.493 e. The maximum atomic E-state index is 5.70. The van der Waals surface area contributed by atoms with Crippen LogP contribution in [-0.4, -0.2) is 20.3 Å². The van der Waals surface area contributed by atoms with Crippen LogP contribution in [0.4, 0.5) is 0 Å². The van der Waals surface area contributed by atoms with Crippen LogP contribution in [0, 0.1) is 0 Å². The fraction of sp³-hybridized carbons (Fsp3) is 0.333. The predicted molar refractivity (Wildman–Crippen MR) is 87.7 cm³/mol. The maximum Gasteiger partial charge on any atom is 0.161 e. The van der Waals surface area contributed by atoms with E-state index in [-0.39, 0.29) is 0 Å². The number of methoxy groups -OCH3 is 1. The summed E-state index contributed by atoms with van der Waals surface area (Å²) in [6.45, 7) is 3.54. The van der Waals surface area contributed by atoms with Gasteiger partial charge in [0.1, 0.15) is 19.0 Å². The Labute approximate surface area is 131 Å². The van der Waals surface area contributed by atoms with Crippen molar-refractivity contribution in [3.05, 3.63) is 53.6 Å². The average molecular weight is 301 g/mol. The van der Waals surface area contributed by atoms with Gasteiger partial charge in [-0.2, -0.15) is 0 Å². The monoisotopic (exact) mass is 301 g/mol. The predicted octanol–water partition coefficient (Wildman–Crippen LogP) is 3.17. The lowest BCUT2D eigenvalue weighted by Crippen LogP contribution is -2.10. The van der Waals surface area contributed by atoms with Gasteiger partial charge in [-0.25, -0.2) is 0 Å². The van der Waals surface area contributed by atoms with Gasteiger partial charge in [0.2, 0.25) is 0 Å². The maximum absolute atomic E-state index is 5.70. The van der Waals surface area contributed by atoms with Gasteiger partial charge in [-0.15, -0.1) is 0 Å².